The number of fused-ring (bicyclic) bond motifs is 3. The average molecular weight is 391 g/mol. The lowest BCUT2D eigenvalue weighted by molar-refractivity contribution is 0.0633. The molecule has 0 N–H and O–H groups in total. The first-order chi connectivity index (χ1) is 12.5. The average Bonchev–Trinajstić information content (AvgIpc) is 3.05. The van der Waals surface area contributed by atoms with Crippen LogP contribution < -0.4 is 4.74 Å². The van der Waals surface area contributed by atoms with Crippen LogP contribution in [-0.2, 0) is 6.54 Å². The Bertz CT molecular complexity index is 1000. The Labute approximate surface area is 160 Å². The number of carbonyl (C=O) groups excluding carboxylic acids is 1. The summed E-state index contributed by atoms with van der Waals surface area (Å²) in [6, 6.07) is 3.59. The summed E-state index contributed by atoms with van der Waals surface area (Å²) >= 11 is 12.5. The van der Waals surface area contributed by atoms with Gasteiger partial charge in [0.25, 0.3) is 5.91 Å². The predicted octanol–water partition coefficient (Wildman–Crippen LogP) is 3.96. The van der Waals surface area contributed by atoms with Crippen LogP contribution in [0.5, 0.6) is 5.75 Å². The van der Waals surface area contributed by atoms with Crippen molar-refractivity contribution in [1.82, 2.24) is 19.4 Å². The number of halogens is 2. The van der Waals surface area contributed by atoms with Crippen LogP contribution in [0, 0.1) is 0 Å². The zero-order valence-electron chi connectivity index (χ0n) is 14.2. The third kappa shape index (κ3) is 2.61. The van der Waals surface area contributed by atoms with Crippen molar-refractivity contribution in [1.29, 1.82) is 0 Å². The van der Waals surface area contributed by atoms with Gasteiger partial charge in [-0.2, -0.15) is 0 Å². The first-order valence-electron chi connectivity index (χ1n) is 8.15. The molecular weight excluding hydrogens is 375 g/mol. The molecule has 3 heterocycles. The van der Waals surface area contributed by atoms with Crippen LogP contribution in [0.1, 0.15) is 29.3 Å². The van der Waals surface area contributed by atoms with Gasteiger partial charge in [-0.15, -0.1) is 0 Å². The summed E-state index contributed by atoms with van der Waals surface area (Å²) in [5, 5.41) is 2.96. The lowest BCUT2D eigenvalue weighted by Gasteiger charge is -2.34. The summed E-state index contributed by atoms with van der Waals surface area (Å²) in [5.74, 6) is 0.462. The number of benzene rings is 1. The molecule has 1 aromatic carbocycles. The van der Waals surface area contributed by atoms with E-state index in [0.717, 1.165) is 16.5 Å². The normalized spacial score (nSPS) is 16.6. The molecule has 134 valence electrons. The fourth-order valence-corrected chi connectivity index (χ4v) is 3.82. The van der Waals surface area contributed by atoms with Gasteiger partial charge in [0, 0.05) is 35.8 Å². The van der Waals surface area contributed by atoms with Crippen molar-refractivity contribution < 1.29 is 9.53 Å². The van der Waals surface area contributed by atoms with E-state index >= 15 is 0 Å². The van der Waals surface area contributed by atoms with E-state index in [0.29, 0.717) is 28.9 Å². The summed E-state index contributed by atoms with van der Waals surface area (Å²) in [6.07, 6.45) is 4.99. The number of amides is 1. The van der Waals surface area contributed by atoms with Gasteiger partial charge < -0.3 is 14.2 Å². The molecule has 2 aromatic heterocycles. The van der Waals surface area contributed by atoms with E-state index in [1.807, 2.05) is 19.2 Å². The Morgan fingerprint density at radius 3 is 2.62 bits per heavy atom. The first-order valence-corrected chi connectivity index (χ1v) is 8.90. The minimum Gasteiger partial charge on any atom is -0.494 e. The van der Waals surface area contributed by atoms with Crippen molar-refractivity contribution >= 4 is 39.9 Å². The lowest BCUT2D eigenvalue weighted by Crippen LogP contribution is -2.41. The number of methoxy groups -OCH3 is 1. The van der Waals surface area contributed by atoms with Crippen LogP contribution in [0.4, 0.5) is 0 Å². The summed E-state index contributed by atoms with van der Waals surface area (Å²) in [7, 11) is 1.53. The Balaban J connectivity index is 1.72. The Hall–Kier alpha value is -2.31. The molecule has 0 saturated heterocycles. The SMILES string of the molecule is COc1cnc(C(=O)N2CCn3cc4c(Cl)c(Cl)ccc4c3C2C)nc1. The minimum absolute atomic E-state index is 0.142. The predicted molar refractivity (Wildman–Crippen MR) is 100.0 cm³/mol. The molecule has 26 heavy (non-hydrogen) atoms. The van der Waals surface area contributed by atoms with E-state index in [1.165, 1.54) is 19.5 Å². The molecule has 4 rings (SSSR count). The highest BCUT2D eigenvalue weighted by molar-refractivity contribution is 6.45. The fourth-order valence-electron chi connectivity index (χ4n) is 3.44. The zero-order chi connectivity index (χ0) is 18.4. The van der Waals surface area contributed by atoms with E-state index in [-0.39, 0.29) is 17.8 Å². The number of nitrogens with zero attached hydrogens (tertiary/aromatic N) is 4. The molecule has 0 aliphatic carbocycles. The quantitative estimate of drug-likeness (QED) is 0.664. The van der Waals surface area contributed by atoms with Gasteiger partial charge in [-0.25, -0.2) is 9.97 Å². The molecule has 1 amide bonds. The molecular formula is C18H16Cl2N4O2. The smallest absolute Gasteiger partial charge is 0.292 e. The van der Waals surface area contributed by atoms with Crippen molar-refractivity contribution in [3.63, 3.8) is 0 Å². The highest BCUT2D eigenvalue weighted by Gasteiger charge is 2.32. The van der Waals surface area contributed by atoms with Gasteiger partial charge in [0.1, 0.15) is 0 Å². The third-order valence-electron chi connectivity index (χ3n) is 4.76. The topological polar surface area (TPSA) is 60.2 Å². The number of carbonyl (C=O) groups is 1. The van der Waals surface area contributed by atoms with Gasteiger partial charge in [-0.05, 0) is 13.0 Å². The molecule has 0 saturated carbocycles. The van der Waals surface area contributed by atoms with E-state index in [1.54, 1.807) is 11.0 Å². The highest BCUT2D eigenvalue weighted by atomic mass is 35.5. The van der Waals surface area contributed by atoms with Crippen LogP contribution in [-0.4, -0.2) is 39.0 Å². The Morgan fingerprint density at radius 1 is 1.19 bits per heavy atom. The van der Waals surface area contributed by atoms with Gasteiger partial charge in [-0.3, -0.25) is 4.79 Å². The van der Waals surface area contributed by atoms with Crippen molar-refractivity contribution in [2.24, 2.45) is 0 Å². The number of rotatable bonds is 2. The van der Waals surface area contributed by atoms with Gasteiger partial charge in [0.15, 0.2) is 5.75 Å². The Morgan fingerprint density at radius 2 is 1.92 bits per heavy atom. The van der Waals surface area contributed by atoms with E-state index in [4.69, 9.17) is 27.9 Å². The molecule has 0 bridgehead atoms. The van der Waals surface area contributed by atoms with Crippen LogP contribution >= 0.6 is 23.2 Å². The summed E-state index contributed by atoms with van der Waals surface area (Å²) < 4.78 is 7.18. The fraction of sp³-hybridized carbons (Fsp3) is 0.278. The maximum absolute atomic E-state index is 12.9. The lowest BCUT2D eigenvalue weighted by atomic mass is 10.1. The molecule has 1 aliphatic heterocycles. The van der Waals surface area contributed by atoms with Crippen LogP contribution in [0.2, 0.25) is 10.0 Å². The number of aromatic nitrogens is 3. The Kier molecular flexibility index (Phi) is 4.25. The van der Waals surface area contributed by atoms with Crippen LogP contribution in [0.15, 0.2) is 30.7 Å². The summed E-state index contributed by atoms with van der Waals surface area (Å²) in [5.41, 5.74) is 1.03. The van der Waals surface area contributed by atoms with Gasteiger partial charge in [0.05, 0.1) is 35.6 Å². The first kappa shape index (κ1) is 17.1. The van der Waals surface area contributed by atoms with Gasteiger partial charge >= 0.3 is 0 Å². The minimum atomic E-state index is -0.208. The molecule has 0 spiro atoms. The van der Waals surface area contributed by atoms with Gasteiger partial charge in [0.2, 0.25) is 5.82 Å². The molecule has 6 nitrogen and oxygen atoms in total. The zero-order valence-corrected chi connectivity index (χ0v) is 15.8. The molecule has 3 aromatic rings. The van der Waals surface area contributed by atoms with Crippen molar-refractivity contribution in [2.45, 2.75) is 19.5 Å². The monoisotopic (exact) mass is 390 g/mol. The number of hydrogen-bond donors (Lipinski definition) is 0. The second kappa shape index (κ2) is 6.45. The largest absolute Gasteiger partial charge is 0.494 e. The van der Waals surface area contributed by atoms with Crippen molar-refractivity contribution in [3.8, 4) is 5.75 Å². The van der Waals surface area contributed by atoms with Crippen LogP contribution in [0.3, 0.4) is 0 Å². The standard InChI is InChI=1S/C18H16Cl2N4O2/c1-10-16-12-3-4-14(19)15(20)13(12)9-23(16)5-6-24(10)18(25)17-21-7-11(26-2)8-22-17/h3-4,7-10H,5-6H2,1-2H3. The number of ether oxygens (including phenoxy) is 1. The molecule has 8 heteroatoms. The van der Waals surface area contributed by atoms with Crippen LogP contribution in [0.25, 0.3) is 10.8 Å². The van der Waals surface area contributed by atoms with Crippen molar-refractivity contribution in [3.05, 3.63) is 52.3 Å². The maximum Gasteiger partial charge on any atom is 0.292 e. The molecule has 0 radical (unpaired) electrons. The molecule has 0 fully saturated rings. The van der Waals surface area contributed by atoms with Crippen molar-refractivity contribution in [2.75, 3.05) is 13.7 Å². The summed E-state index contributed by atoms with van der Waals surface area (Å²) in [4.78, 5) is 22.9. The maximum atomic E-state index is 12.9. The van der Waals surface area contributed by atoms with E-state index in [2.05, 4.69) is 14.5 Å². The highest BCUT2D eigenvalue weighted by Crippen LogP contribution is 2.39. The molecule has 1 unspecified atom stereocenters. The second-order valence-corrected chi connectivity index (χ2v) is 6.94. The second-order valence-electron chi connectivity index (χ2n) is 6.15. The number of hydrogen-bond acceptors (Lipinski definition) is 4. The van der Waals surface area contributed by atoms with E-state index in [9.17, 15) is 4.79 Å². The van der Waals surface area contributed by atoms with Gasteiger partial charge in [-0.1, -0.05) is 29.3 Å². The molecule has 1 atom stereocenters. The molecule has 1 aliphatic rings. The summed E-state index contributed by atoms with van der Waals surface area (Å²) in [6.45, 7) is 3.23. The van der Waals surface area contributed by atoms with E-state index < -0.39 is 0 Å². The third-order valence-corrected chi connectivity index (χ3v) is 5.58.